The first-order valence-corrected chi connectivity index (χ1v) is 9.13. The fourth-order valence-corrected chi connectivity index (χ4v) is 4.04. The number of benzene rings is 2. The Morgan fingerprint density at radius 1 is 1.15 bits per heavy atom. The molecule has 2 heterocycles. The second-order valence-electron chi connectivity index (χ2n) is 5.72. The van der Waals surface area contributed by atoms with Gasteiger partial charge in [-0.25, -0.2) is 5.43 Å². The Kier molecular flexibility index (Phi) is 4.50. The van der Waals surface area contributed by atoms with Gasteiger partial charge in [0.05, 0.1) is 23.9 Å². The average molecular weight is 363 g/mol. The lowest BCUT2D eigenvalue weighted by Gasteiger charge is -2.31. The highest BCUT2D eigenvalue weighted by Crippen LogP contribution is 2.47. The monoisotopic (exact) mass is 363 g/mol. The van der Waals surface area contributed by atoms with Gasteiger partial charge in [-0.2, -0.15) is 5.10 Å². The molecule has 26 heavy (non-hydrogen) atoms. The van der Waals surface area contributed by atoms with Gasteiger partial charge in [-0.3, -0.25) is 4.79 Å². The highest BCUT2D eigenvalue weighted by molar-refractivity contribution is 7.99. The van der Waals surface area contributed by atoms with Crippen molar-refractivity contribution in [2.75, 3.05) is 11.4 Å². The van der Waals surface area contributed by atoms with Gasteiger partial charge in [0, 0.05) is 16.3 Å². The number of carbonyl (C=O) groups is 1. The Morgan fingerprint density at radius 3 is 2.81 bits per heavy atom. The van der Waals surface area contributed by atoms with Crippen molar-refractivity contribution in [3.05, 3.63) is 72.2 Å². The lowest BCUT2D eigenvalue weighted by Crippen LogP contribution is -2.20. The molecule has 1 aliphatic heterocycles. The summed E-state index contributed by atoms with van der Waals surface area (Å²) < 4.78 is 5.04. The third kappa shape index (κ3) is 3.11. The van der Waals surface area contributed by atoms with Gasteiger partial charge < -0.3 is 9.32 Å². The highest BCUT2D eigenvalue weighted by Gasteiger charge is 2.21. The van der Waals surface area contributed by atoms with Crippen molar-refractivity contribution in [1.82, 2.24) is 5.43 Å². The van der Waals surface area contributed by atoms with E-state index >= 15 is 0 Å². The van der Waals surface area contributed by atoms with E-state index in [-0.39, 0.29) is 11.7 Å². The van der Waals surface area contributed by atoms with Crippen molar-refractivity contribution in [3.8, 4) is 0 Å². The molecule has 2 aromatic carbocycles. The zero-order chi connectivity index (χ0) is 17.9. The number of nitrogens with zero attached hydrogens (tertiary/aromatic N) is 2. The zero-order valence-corrected chi connectivity index (χ0v) is 15.0. The number of amides is 1. The standard InChI is InChI=1S/C20H17N3O2S/c1-2-23-15-6-3-4-8-18(15)26-19-12-14(9-10-16(19)23)13-21-22-20(24)17-7-5-11-25-17/h3-13H,2H2,1H3,(H,22,24)/b21-13+. The Bertz CT molecular complexity index is 967. The maximum Gasteiger partial charge on any atom is 0.307 e. The Labute approximate surface area is 155 Å². The van der Waals surface area contributed by atoms with E-state index in [0.717, 1.165) is 12.1 Å². The molecule has 3 aromatic rings. The molecule has 0 unspecified atom stereocenters. The number of hydrogen-bond donors (Lipinski definition) is 1. The number of furan rings is 1. The van der Waals surface area contributed by atoms with Crippen LogP contribution in [0.1, 0.15) is 23.0 Å². The molecule has 6 heteroatoms. The van der Waals surface area contributed by atoms with Crippen LogP contribution in [0, 0.1) is 0 Å². The summed E-state index contributed by atoms with van der Waals surface area (Å²) in [5.41, 5.74) is 5.82. The Balaban J connectivity index is 1.54. The third-order valence-corrected chi connectivity index (χ3v) is 5.20. The lowest BCUT2D eigenvalue weighted by molar-refractivity contribution is 0.0927. The largest absolute Gasteiger partial charge is 0.459 e. The summed E-state index contributed by atoms with van der Waals surface area (Å²) in [5.74, 6) is -0.136. The molecule has 0 saturated carbocycles. The first-order valence-electron chi connectivity index (χ1n) is 8.31. The first kappa shape index (κ1) is 16.5. The van der Waals surface area contributed by atoms with Gasteiger partial charge in [0.25, 0.3) is 0 Å². The summed E-state index contributed by atoms with van der Waals surface area (Å²) in [7, 11) is 0. The van der Waals surface area contributed by atoms with E-state index in [1.807, 2.05) is 6.07 Å². The molecule has 1 aliphatic rings. The molecule has 0 spiro atoms. The van der Waals surface area contributed by atoms with E-state index < -0.39 is 0 Å². The number of hydrogen-bond acceptors (Lipinski definition) is 5. The van der Waals surface area contributed by atoms with E-state index in [1.165, 1.54) is 27.4 Å². The van der Waals surface area contributed by atoms with Crippen molar-refractivity contribution in [1.29, 1.82) is 0 Å². The average Bonchev–Trinajstić information content (AvgIpc) is 3.21. The smallest absolute Gasteiger partial charge is 0.307 e. The van der Waals surface area contributed by atoms with Crippen LogP contribution in [0.4, 0.5) is 11.4 Å². The molecule has 5 nitrogen and oxygen atoms in total. The second-order valence-corrected chi connectivity index (χ2v) is 6.80. The van der Waals surface area contributed by atoms with Crippen LogP contribution in [0.25, 0.3) is 0 Å². The van der Waals surface area contributed by atoms with Gasteiger partial charge >= 0.3 is 5.91 Å². The van der Waals surface area contributed by atoms with E-state index in [1.54, 1.807) is 30.1 Å². The molecule has 0 bridgehead atoms. The highest BCUT2D eigenvalue weighted by atomic mass is 32.2. The van der Waals surface area contributed by atoms with E-state index in [2.05, 4.69) is 58.7 Å². The predicted molar refractivity (Wildman–Crippen MR) is 103 cm³/mol. The third-order valence-electron chi connectivity index (χ3n) is 4.09. The maximum atomic E-state index is 11.8. The molecule has 130 valence electrons. The van der Waals surface area contributed by atoms with Crippen molar-refractivity contribution < 1.29 is 9.21 Å². The molecule has 1 N–H and O–H groups in total. The van der Waals surface area contributed by atoms with Crippen LogP contribution in [-0.2, 0) is 0 Å². The van der Waals surface area contributed by atoms with Gasteiger partial charge in [-0.1, -0.05) is 30.0 Å². The topological polar surface area (TPSA) is 57.8 Å². The van der Waals surface area contributed by atoms with Crippen LogP contribution in [0.2, 0.25) is 0 Å². The normalized spacial score (nSPS) is 12.7. The number of nitrogens with one attached hydrogen (secondary N) is 1. The van der Waals surface area contributed by atoms with Gasteiger partial charge in [0.15, 0.2) is 5.76 Å². The number of anilines is 2. The quantitative estimate of drug-likeness (QED) is 0.541. The van der Waals surface area contributed by atoms with Gasteiger partial charge in [-0.15, -0.1) is 0 Å². The summed E-state index contributed by atoms with van der Waals surface area (Å²) >= 11 is 1.75. The molecule has 0 aliphatic carbocycles. The first-order chi connectivity index (χ1) is 12.8. The van der Waals surface area contributed by atoms with Crippen LogP contribution in [0.3, 0.4) is 0 Å². The molecule has 0 fully saturated rings. The number of para-hydroxylation sites is 1. The van der Waals surface area contributed by atoms with E-state index in [4.69, 9.17) is 4.42 Å². The summed E-state index contributed by atoms with van der Waals surface area (Å²) in [6.07, 6.45) is 3.09. The SMILES string of the molecule is CCN1c2ccccc2Sc2cc(/C=N/NC(=O)c3ccco3)ccc21. The van der Waals surface area contributed by atoms with Crippen LogP contribution < -0.4 is 10.3 Å². The lowest BCUT2D eigenvalue weighted by atomic mass is 10.1. The van der Waals surface area contributed by atoms with Crippen LogP contribution in [0.15, 0.2) is 80.2 Å². The van der Waals surface area contributed by atoms with Crippen molar-refractivity contribution in [2.45, 2.75) is 16.7 Å². The number of hydrazone groups is 1. The van der Waals surface area contributed by atoms with E-state index in [9.17, 15) is 4.79 Å². The van der Waals surface area contributed by atoms with Crippen molar-refractivity contribution >= 4 is 35.3 Å². The molecule has 0 saturated heterocycles. The molecule has 1 aromatic heterocycles. The van der Waals surface area contributed by atoms with Gasteiger partial charge in [0.2, 0.25) is 0 Å². The fourth-order valence-electron chi connectivity index (χ4n) is 2.90. The van der Waals surface area contributed by atoms with Crippen LogP contribution >= 0.6 is 11.8 Å². The van der Waals surface area contributed by atoms with Crippen molar-refractivity contribution in [2.24, 2.45) is 5.10 Å². The van der Waals surface area contributed by atoms with Gasteiger partial charge in [0.1, 0.15) is 0 Å². The molecule has 0 radical (unpaired) electrons. The van der Waals surface area contributed by atoms with Crippen LogP contribution in [-0.4, -0.2) is 18.7 Å². The molecule has 0 atom stereocenters. The summed E-state index contributed by atoms with van der Waals surface area (Å²) in [6, 6.07) is 17.8. The zero-order valence-electron chi connectivity index (χ0n) is 14.2. The molecular weight excluding hydrogens is 346 g/mol. The Morgan fingerprint density at radius 2 is 2.00 bits per heavy atom. The van der Waals surface area contributed by atoms with E-state index in [0.29, 0.717) is 0 Å². The maximum absolute atomic E-state index is 11.8. The minimum atomic E-state index is -0.371. The number of carbonyl (C=O) groups excluding carboxylic acids is 1. The fraction of sp³-hybridized carbons (Fsp3) is 0.100. The van der Waals surface area contributed by atoms with Crippen LogP contribution in [0.5, 0.6) is 0 Å². The molecular formula is C20H17N3O2S. The molecule has 4 rings (SSSR count). The Hall–Kier alpha value is -2.99. The van der Waals surface area contributed by atoms with Gasteiger partial charge in [-0.05, 0) is 48.9 Å². The van der Waals surface area contributed by atoms with Crippen molar-refractivity contribution in [3.63, 3.8) is 0 Å². The summed E-state index contributed by atoms with van der Waals surface area (Å²) in [5, 5.41) is 4.02. The number of fused-ring (bicyclic) bond motifs is 2. The second kappa shape index (κ2) is 7.09. The minimum Gasteiger partial charge on any atom is -0.459 e. The summed E-state index contributed by atoms with van der Waals surface area (Å²) in [4.78, 5) is 16.5. The summed E-state index contributed by atoms with van der Waals surface area (Å²) in [6.45, 7) is 3.05. The number of rotatable bonds is 4. The minimum absolute atomic E-state index is 0.235. The molecule has 1 amide bonds. The predicted octanol–water partition coefficient (Wildman–Crippen LogP) is 4.67.